The number of aliphatic imine (C=N–C) groups is 1. The van der Waals surface area contributed by atoms with Gasteiger partial charge in [0.15, 0.2) is 0 Å². The number of carbonyl (C=O) groups is 1. The third-order valence-corrected chi connectivity index (χ3v) is 3.12. The second-order valence-electron chi connectivity index (χ2n) is 5.38. The van der Waals surface area contributed by atoms with E-state index in [-0.39, 0.29) is 41.9 Å². The molecule has 128 valence electrons. The van der Waals surface area contributed by atoms with Gasteiger partial charge in [0.05, 0.1) is 19.1 Å². The van der Waals surface area contributed by atoms with Gasteiger partial charge in [-0.2, -0.15) is 0 Å². The second-order valence-corrected chi connectivity index (χ2v) is 5.38. The van der Waals surface area contributed by atoms with Gasteiger partial charge in [0, 0.05) is 19.6 Å². The zero-order valence-corrected chi connectivity index (χ0v) is 16.7. The quantitative estimate of drug-likeness (QED) is 0.134. The van der Waals surface area contributed by atoms with Gasteiger partial charge in [-0.1, -0.05) is 12.2 Å². The van der Waals surface area contributed by atoms with E-state index in [9.17, 15) is 15.0 Å². The Morgan fingerprint density at radius 2 is 2.00 bits per heavy atom. The third-order valence-electron chi connectivity index (χ3n) is 3.12. The fourth-order valence-electron chi connectivity index (χ4n) is 2.02. The topological polar surface area (TPSA) is 96.2 Å². The number of aliphatic hydroxyl groups is 1. The van der Waals surface area contributed by atoms with Crippen molar-refractivity contribution in [2.75, 3.05) is 26.2 Å². The minimum Gasteiger partial charge on any atom is -0.862 e. The molecule has 0 heterocycles. The van der Waals surface area contributed by atoms with Gasteiger partial charge >= 0.3 is 35.5 Å². The van der Waals surface area contributed by atoms with E-state index in [0.29, 0.717) is 32.6 Å². The molecule has 1 unspecified atom stereocenters. The monoisotopic (exact) mass is 336 g/mol. The maximum absolute atomic E-state index is 11.6. The van der Waals surface area contributed by atoms with Crippen molar-refractivity contribution in [3.05, 3.63) is 12.2 Å². The summed E-state index contributed by atoms with van der Waals surface area (Å²) in [6.45, 7) is 5.21. The Labute approximate surface area is 161 Å². The number of unbranched alkanes of at least 4 members (excludes halogenated alkanes) is 2. The average Bonchev–Trinajstić information content (AvgIpc) is 2.43. The van der Waals surface area contributed by atoms with Crippen molar-refractivity contribution in [1.29, 1.82) is 0 Å². The molecule has 6 nitrogen and oxygen atoms in total. The van der Waals surface area contributed by atoms with Gasteiger partial charge in [-0.15, -0.1) is 0 Å². The standard InChI is InChI=1S/C16H30N2O4.Na/c1-3-4-5-6-7-8-15(20)17-10-12-18(13-14(2)19)11-9-16(21)22;/h3-4,14,19H,5-13H2,1-2H3,(H,17,20)(H,21,22);/q;+1/p-1/b4-3+;. The molecule has 0 spiro atoms. The number of aliphatic carboxylic acids is 1. The summed E-state index contributed by atoms with van der Waals surface area (Å²) in [6, 6.07) is 0. The summed E-state index contributed by atoms with van der Waals surface area (Å²) in [5, 5.41) is 29.7. The van der Waals surface area contributed by atoms with E-state index in [2.05, 4.69) is 11.1 Å². The summed E-state index contributed by atoms with van der Waals surface area (Å²) in [7, 11) is 0. The van der Waals surface area contributed by atoms with Crippen molar-refractivity contribution in [2.45, 2.75) is 52.1 Å². The van der Waals surface area contributed by atoms with Crippen molar-refractivity contribution < 1.29 is 49.7 Å². The number of rotatable bonds is 13. The minimum atomic E-state index is -0.871. The minimum absolute atomic E-state index is 0. The van der Waals surface area contributed by atoms with E-state index >= 15 is 0 Å². The van der Waals surface area contributed by atoms with Crippen LogP contribution in [0.2, 0.25) is 0 Å². The Hall–Kier alpha value is -0.400. The van der Waals surface area contributed by atoms with Crippen LogP contribution in [0.25, 0.3) is 0 Å². The predicted octanol–water partition coefficient (Wildman–Crippen LogP) is -1.96. The smallest absolute Gasteiger partial charge is 0.862 e. The molecular formula is C16H29N2NaO4. The Morgan fingerprint density at radius 3 is 2.57 bits per heavy atom. The first-order valence-electron chi connectivity index (χ1n) is 7.89. The van der Waals surface area contributed by atoms with Crippen LogP contribution in [0.5, 0.6) is 0 Å². The Bertz CT molecular complexity index is 360. The van der Waals surface area contributed by atoms with Gasteiger partial charge in [-0.3, -0.25) is 9.69 Å². The predicted molar refractivity (Wildman–Crippen MR) is 86.0 cm³/mol. The van der Waals surface area contributed by atoms with Crippen LogP contribution in [0.3, 0.4) is 0 Å². The van der Waals surface area contributed by atoms with Crippen LogP contribution in [0.15, 0.2) is 17.1 Å². The second kappa shape index (κ2) is 16.5. The molecule has 0 aromatic rings. The number of aliphatic hydroxyl groups excluding tert-OH is 1. The summed E-state index contributed by atoms with van der Waals surface area (Å²) >= 11 is 0. The first-order chi connectivity index (χ1) is 10.5. The number of nitrogens with zero attached hydrogens (tertiary/aromatic N) is 2. The Morgan fingerprint density at radius 1 is 1.30 bits per heavy atom. The van der Waals surface area contributed by atoms with E-state index in [4.69, 9.17) is 5.11 Å². The molecule has 23 heavy (non-hydrogen) atoms. The van der Waals surface area contributed by atoms with Gasteiger partial charge in [0.1, 0.15) is 0 Å². The molecule has 0 bridgehead atoms. The van der Waals surface area contributed by atoms with Gasteiger partial charge in [0.25, 0.3) is 0 Å². The van der Waals surface area contributed by atoms with E-state index in [1.807, 2.05) is 17.9 Å². The molecule has 0 radical (unpaired) electrons. The van der Waals surface area contributed by atoms with Crippen LogP contribution < -0.4 is 34.7 Å². The molecule has 0 aliphatic rings. The normalized spacial score (nSPS) is 13.3. The molecular weight excluding hydrogens is 307 g/mol. The molecule has 7 heteroatoms. The first-order valence-corrected chi connectivity index (χ1v) is 7.89. The zero-order valence-electron chi connectivity index (χ0n) is 14.7. The van der Waals surface area contributed by atoms with Crippen molar-refractivity contribution >= 4 is 11.9 Å². The fourth-order valence-corrected chi connectivity index (χ4v) is 2.02. The molecule has 0 saturated carbocycles. The van der Waals surface area contributed by atoms with Crippen LogP contribution in [-0.4, -0.2) is 59.3 Å². The number of carboxylic acids is 1. The van der Waals surface area contributed by atoms with E-state index in [0.717, 1.165) is 19.3 Å². The van der Waals surface area contributed by atoms with Crippen LogP contribution >= 0.6 is 0 Å². The van der Waals surface area contributed by atoms with Crippen LogP contribution in [0, 0.1) is 0 Å². The molecule has 1 atom stereocenters. The van der Waals surface area contributed by atoms with Crippen molar-refractivity contribution in [3.8, 4) is 0 Å². The summed E-state index contributed by atoms with van der Waals surface area (Å²) in [5.74, 6) is -0.972. The van der Waals surface area contributed by atoms with Gasteiger partial charge in [-0.05, 0) is 45.4 Å². The van der Waals surface area contributed by atoms with Crippen LogP contribution in [0.4, 0.5) is 0 Å². The summed E-state index contributed by atoms with van der Waals surface area (Å²) in [5.41, 5.74) is 0. The molecule has 0 aliphatic heterocycles. The van der Waals surface area contributed by atoms with Crippen LogP contribution in [0.1, 0.15) is 46.0 Å². The molecule has 0 aromatic carbocycles. The zero-order chi connectivity index (χ0) is 16.8. The largest absolute Gasteiger partial charge is 1.00 e. The number of carboxylic acid groups (broad SMARTS) is 1. The molecule has 0 amide bonds. The van der Waals surface area contributed by atoms with Gasteiger partial charge in [-0.25, -0.2) is 0 Å². The molecule has 0 fully saturated rings. The van der Waals surface area contributed by atoms with Gasteiger partial charge < -0.3 is 20.3 Å². The van der Waals surface area contributed by atoms with E-state index < -0.39 is 12.1 Å². The fraction of sp³-hybridized carbons (Fsp3) is 0.750. The number of allylic oxidation sites excluding steroid dienone is 2. The molecule has 0 aromatic heterocycles. The van der Waals surface area contributed by atoms with E-state index in [1.165, 1.54) is 0 Å². The summed E-state index contributed by atoms with van der Waals surface area (Å²) in [6.07, 6.45) is 6.84. The van der Waals surface area contributed by atoms with E-state index in [1.54, 1.807) is 6.92 Å². The number of hydrogen-bond donors (Lipinski definition) is 2. The Kier molecular flexibility index (Phi) is 17.8. The Balaban J connectivity index is 0. The SMILES string of the molecule is C/C=C/CCCCC([O-])=NCCN(CCC(=O)O)CC(C)O.[Na+]. The van der Waals surface area contributed by atoms with Crippen molar-refractivity contribution in [3.63, 3.8) is 0 Å². The maximum atomic E-state index is 11.6. The molecule has 0 rings (SSSR count). The molecule has 0 saturated heterocycles. The number of hydrogen-bond acceptors (Lipinski definition) is 5. The van der Waals surface area contributed by atoms with Gasteiger partial charge in [0.2, 0.25) is 0 Å². The third kappa shape index (κ3) is 17.8. The molecule has 2 N–H and O–H groups in total. The summed E-state index contributed by atoms with van der Waals surface area (Å²) in [4.78, 5) is 16.4. The first kappa shape index (κ1) is 24.8. The average molecular weight is 336 g/mol. The summed E-state index contributed by atoms with van der Waals surface area (Å²) < 4.78 is 0. The molecule has 0 aliphatic carbocycles. The van der Waals surface area contributed by atoms with Crippen LogP contribution in [-0.2, 0) is 4.79 Å². The van der Waals surface area contributed by atoms with Crippen molar-refractivity contribution in [2.24, 2.45) is 4.99 Å². The maximum Gasteiger partial charge on any atom is 1.00 e. The van der Waals surface area contributed by atoms with Crippen molar-refractivity contribution in [1.82, 2.24) is 4.90 Å².